The van der Waals surface area contributed by atoms with Crippen molar-refractivity contribution in [1.29, 1.82) is 0 Å². The minimum Gasteiger partial charge on any atom is -0.497 e. The summed E-state index contributed by atoms with van der Waals surface area (Å²) < 4.78 is 57.8. The van der Waals surface area contributed by atoms with E-state index in [1.807, 2.05) is 121 Å². The number of esters is 1. The van der Waals surface area contributed by atoms with E-state index >= 15 is 0 Å². The Morgan fingerprint density at radius 2 is 0.652 bits per heavy atom. The second-order valence-electron chi connectivity index (χ2n) is 26.2. The van der Waals surface area contributed by atoms with Crippen LogP contribution in [0.4, 0.5) is 9.59 Å². The monoisotopic (exact) mass is 1300 g/mol. The van der Waals surface area contributed by atoms with Gasteiger partial charge in [-0.05, 0) is 194 Å². The van der Waals surface area contributed by atoms with Gasteiger partial charge in [-0.3, -0.25) is 4.79 Å². The standard InChI is InChI=1S/C59H74O11Si3.C17H18O2/c1-58(2,45-21-15-14-16-22-45)47-27-33-50(34-28-47)65-56(60)67-52-37-23-43(41-54(52)63-6)19-17-39-71(8,9)69-73(12,13)70-72(10,11)40-18-20-44-24-38-53(55(42-44)64-7)68-57(61)66-51-35-29-48(30-36-51)59(3,4)46-25-31-49(62-5)32-26-46;1-13(18)19-16-11-9-15(10-12-16)17(2,3)14-7-5-4-6-8-14/h14-16,21-38,41-42H,17-20,39-40H2,1-13H3;4-12H,1-3H3. The number of hydrogen-bond donors (Lipinski definition) is 0. The molecule has 0 fully saturated rings. The van der Waals surface area contributed by atoms with E-state index in [-0.39, 0.29) is 28.0 Å². The lowest BCUT2D eigenvalue weighted by Crippen LogP contribution is -2.52. The van der Waals surface area contributed by atoms with Gasteiger partial charge in [0.25, 0.3) is 0 Å². The summed E-state index contributed by atoms with van der Waals surface area (Å²) in [6, 6.07) is 64.5. The molecule has 0 saturated carbocycles. The lowest BCUT2D eigenvalue weighted by Gasteiger charge is -2.39. The van der Waals surface area contributed by atoms with E-state index in [1.165, 1.54) is 23.6 Å². The van der Waals surface area contributed by atoms with Crippen LogP contribution in [-0.2, 0) is 42.1 Å². The molecular formula is C76H92O13Si3. The third-order valence-electron chi connectivity index (χ3n) is 16.6. The first-order valence-corrected chi connectivity index (χ1v) is 40.4. The molecule has 0 saturated heterocycles. The van der Waals surface area contributed by atoms with Gasteiger partial charge in [0.2, 0.25) is 0 Å². The summed E-state index contributed by atoms with van der Waals surface area (Å²) in [5.41, 5.74) is 8.54. The van der Waals surface area contributed by atoms with Crippen LogP contribution in [0, 0.1) is 0 Å². The van der Waals surface area contributed by atoms with Crippen molar-refractivity contribution in [2.75, 3.05) is 21.3 Å². The van der Waals surface area contributed by atoms with E-state index in [0.29, 0.717) is 34.5 Å². The van der Waals surface area contributed by atoms with Crippen LogP contribution in [0.1, 0.15) is 106 Å². The van der Waals surface area contributed by atoms with Gasteiger partial charge in [-0.25, -0.2) is 9.59 Å². The number of carbonyl (C=O) groups excluding carboxylic acids is 3. The summed E-state index contributed by atoms with van der Waals surface area (Å²) in [5, 5.41) is 0. The van der Waals surface area contributed by atoms with E-state index in [1.54, 1.807) is 57.7 Å². The van der Waals surface area contributed by atoms with Crippen LogP contribution < -0.4 is 37.9 Å². The van der Waals surface area contributed by atoms with Gasteiger partial charge < -0.3 is 46.1 Å². The molecule has 92 heavy (non-hydrogen) atoms. The average Bonchev–Trinajstić information content (AvgIpc) is 0.872. The third-order valence-corrected chi connectivity index (χ3v) is 28.0. The van der Waals surface area contributed by atoms with Crippen molar-refractivity contribution in [2.45, 2.75) is 142 Å². The average molecular weight is 1300 g/mol. The highest BCUT2D eigenvalue weighted by atomic mass is 28.5. The molecule has 13 nitrogen and oxygen atoms in total. The molecule has 0 bridgehead atoms. The highest BCUT2D eigenvalue weighted by molar-refractivity contribution is 6.87. The molecule has 0 N–H and O–H groups in total. The zero-order chi connectivity index (χ0) is 66.9. The van der Waals surface area contributed by atoms with Crippen molar-refractivity contribution in [3.8, 4) is 46.0 Å². The van der Waals surface area contributed by atoms with Gasteiger partial charge in [-0.1, -0.05) is 163 Å². The summed E-state index contributed by atoms with van der Waals surface area (Å²) >= 11 is 0. The fourth-order valence-corrected chi connectivity index (χ4v) is 25.5. The first-order valence-electron chi connectivity index (χ1n) is 31.3. The summed E-state index contributed by atoms with van der Waals surface area (Å²) in [4.78, 5) is 36.6. The molecule has 0 heterocycles. The van der Waals surface area contributed by atoms with Crippen LogP contribution in [0.2, 0.25) is 51.4 Å². The third kappa shape index (κ3) is 20.4. The maximum atomic E-state index is 12.9. The van der Waals surface area contributed by atoms with E-state index < -0.39 is 37.5 Å². The highest BCUT2D eigenvalue weighted by Gasteiger charge is 2.39. The van der Waals surface area contributed by atoms with Crippen LogP contribution in [0.5, 0.6) is 46.0 Å². The molecular weight excluding hydrogens is 1210 g/mol. The maximum absolute atomic E-state index is 12.9. The van der Waals surface area contributed by atoms with E-state index in [4.69, 9.17) is 46.1 Å². The van der Waals surface area contributed by atoms with Crippen molar-refractivity contribution < 1.29 is 60.5 Å². The second-order valence-corrected chi connectivity index (χ2v) is 38.7. The highest BCUT2D eigenvalue weighted by Crippen LogP contribution is 2.38. The van der Waals surface area contributed by atoms with Crippen LogP contribution >= 0.6 is 0 Å². The first kappa shape index (κ1) is 71.2. The Hall–Kier alpha value is -8.26. The minimum atomic E-state index is -2.46. The Kier molecular flexibility index (Phi) is 24.3. The molecule has 16 heteroatoms. The molecule has 8 rings (SSSR count). The molecule has 0 aliphatic carbocycles. The normalized spacial score (nSPS) is 12.0. The SMILES string of the molecule is CC(=O)Oc1ccc(C(C)(C)c2ccccc2)cc1.COc1ccc(C(C)(C)c2ccc(OC(=O)Oc3ccc(CCC[Si](C)(C)O[Si](C)(C)O[Si](C)(C)CCCc4ccc(OC(=O)Oc5ccc(C(C)(C)c6ccccc6)cc5)c(OC)c4)cc3OC)cc2)cc1. The molecule has 0 aliphatic heterocycles. The minimum absolute atomic E-state index is 0.0734. The van der Waals surface area contributed by atoms with Gasteiger partial charge in [0.05, 0.1) is 21.3 Å². The van der Waals surface area contributed by atoms with Gasteiger partial charge >= 0.3 is 26.8 Å². The molecule has 0 spiro atoms. The van der Waals surface area contributed by atoms with Crippen molar-refractivity contribution in [2.24, 2.45) is 0 Å². The van der Waals surface area contributed by atoms with Crippen LogP contribution in [-0.4, -0.2) is 64.8 Å². The summed E-state index contributed by atoms with van der Waals surface area (Å²) in [6.45, 7) is 27.8. The molecule has 0 aliphatic rings. The number of benzene rings is 8. The number of carbonyl (C=O) groups is 3. The zero-order valence-electron chi connectivity index (χ0n) is 56.5. The Balaban J connectivity index is 0.000000536. The van der Waals surface area contributed by atoms with Gasteiger partial charge in [0.15, 0.2) is 39.6 Å². The predicted octanol–water partition coefficient (Wildman–Crippen LogP) is 19.2. The molecule has 0 atom stereocenters. The van der Waals surface area contributed by atoms with Crippen molar-refractivity contribution in [3.63, 3.8) is 0 Å². The van der Waals surface area contributed by atoms with Gasteiger partial charge in [0.1, 0.15) is 23.0 Å². The molecule has 0 radical (unpaired) electrons. The first-order chi connectivity index (χ1) is 43.5. The summed E-state index contributed by atoms with van der Waals surface area (Å²) in [6.07, 6.45) is 1.81. The van der Waals surface area contributed by atoms with Crippen molar-refractivity contribution >= 4 is 43.5 Å². The lowest BCUT2D eigenvalue weighted by atomic mass is 9.78. The summed E-state index contributed by atoms with van der Waals surface area (Å²) in [7, 11) is -1.88. The molecule has 486 valence electrons. The predicted molar refractivity (Wildman–Crippen MR) is 373 cm³/mol. The number of hydrogen-bond acceptors (Lipinski definition) is 13. The Morgan fingerprint density at radius 1 is 0.348 bits per heavy atom. The molecule has 0 aromatic heterocycles. The van der Waals surface area contributed by atoms with Gasteiger partial charge in [0, 0.05) is 23.2 Å². The Bertz CT molecular complexity index is 3680. The van der Waals surface area contributed by atoms with Gasteiger partial charge in [-0.2, -0.15) is 0 Å². The second kappa shape index (κ2) is 31.4. The number of aryl methyl sites for hydroxylation is 2. The summed E-state index contributed by atoms with van der Waals surface area (Å²) in [5.74, 6) is 3.36. The number of rotatable bonds is 26. The molecule has 0 amide bonds. The van der Waals surface area contributed by atoms with E-state index in [9.17, 15) is 14.4 Å². The molecule has 8 aromatic carbocycles. The molecule has 0 unspecified atom stereocenters. The van der Waals surface area contributed by atoms with Crippen molar-refractivity contribution in [1.82, 2.24) is 0 Å². The van der Waals surface area contributed by atoms with Crippen LogP contribution in [0.3, 0.4) is 0 Å². The lowest BCUT2D eigenvalue weighted by molar-refractivity contribution is -0.131. The largest absolute Gasteiger partial charge is 0.519 e. The van der Waals surface area contributed by atoms with Crippen molar-refractivity contribution in [3.05, 3.63) is 239 Å². The Morgan fingerprint density at radius 3 is 0.957 bits per heavy atom. The molecule has 8 aromatic rings. The Labute approximate surface area is 548 Å². The smallest absolute Gasteiger partial charge is 0.497 e. The van der Waals surface area contributed by atoms with E-state index in [0.717, 1.165) is 71.3 Å². The zero-order valence-corrected chi connectivity index (χ0v) is 59.5. The maximum Gasteiger partial charge on any atom is 0.519 e. The van der Waals surface area contributed by atoms with Crippen LogP contribution in [0.25, 0.3) is 0 Å². The number of ether oxygens (including phenoxy) is 8. The quantitative estimate of drug-likeness (QED) is 0.0220. The van der Waals surface area contributed by atoms with E-state index in [2.05, 4.69) is 117 Å². The fraction of sp³-hybridized carbons (Fsp3) is 0.329. The number of methoxy groups -OCH3 is 3. The topological polar surface area (TPSA) is 144 Å². The van der Waals surface area contributed by atoms with Crippen LogP contribution in [0.15, 0.2) is 194 Å². The fourth-order valence-electron chi connectivity index (χ4n) is 11.4. The van der Waals surface area contributed by atoms with Gasteiger partial charge in [-0.15, -0.1) is 0 Å².